The number of hydrogen-bond donors (Lipinski definition) is 3. The summed E-state index contributed by atoms with van der Waals surface area (Å²) in [5, 5.41) is 16.6. The second kappa shape index (κ2) is 6.95. The molecule has 2 rings (SSSR count). The zero-order valence-corrected chi connectivity index (χ0v) is 13.5. The Bertz CT molecular complexity index is 812. The van der Waals surface area contributed by atoms with Gasteiger partial charge in [0.15, 0.2) is 0 Å². The number of nitrogens with two attached hydrogens (primary N) is 1. The number of aromatic nitrogens is 1. The molecule has 4 N–H and O–H groups in total. The Hall–Kier alpha value is -2.16. The quantitative estimate of drug-likeness (QED) is 0.671. The van der Waals surface area contributed by atoms with Gasteiger partial charge in [-0.1, -0.05) is 12.1 Å². The highest BCUT2D eigenvalue weighted by Crippen LogP contribution is 2.25. The van der Waals surface area contributed by atoms with Crippen LogP contribution >= 0.6 is 0 Å². The van der Waals surface area contributed by atoms with Crippen molar-refractivity contribution in [3.8, 4) is 11.1 Å². The van der Waals surface area contributed by atoms with Gasteiger partial charge in [-0.2, -0.15) is 8.42 Å². The third-order valence-corrected chi connectivity index (χ3v) is 4.37. The minimum absolute atomic E-state index is 0.0145. The summed E-state index contributed by atoms with van der Waals surface area (Å²) in [4.78, 5) is 12.0. The van der Waals surface area contributed by atoms with Crippen molar-refractivity contribution in [3.05, 3.63) is 47.8 Å². The van der Waals surface area contributed by atoms with Gasteiger partial charge in [0.1, 0.15) is 0 Å². The average molecular weight is 337 g/mol. The lowest BCUT2D eigenvalue weighted by atomic mass is 10.0. The molecule has 7 nitrogen and oxygen atoms in total. The van der Waals surface area contributed by atoms with E-state index in [9.17, 15) is 13.2 Å². The lowest BCUT2D eigenvalue weighted by molar-refractivity contribution is 0.0951. The molecule has 1 heterocycles. The topological polar surface area (TPSA) is 114 Å². The molecule has 0 bridgehead atoms. The van der Waals surface area contributed by atoms with Gasteiger partial charge in [0.2, 0.25) is 0 Å². The third-order valence-electron chi connectivity index (χ3n) is 3.43. The molecule has 0 unspecified atom stereocenters. The molecule has 0 aliphatic heterocycles. The van der Waals surface area contributed by atoms with Gasteiger partial charge < -0.3 is 10.4 Å². The monoisotopic (exact) mass is 337 g/mol. The second-order valence-corrected chi connectivity index (χ2v) is 6.49. The Morgan fingerprint density at radius 1 is 1.35 bits per heavy atom. The van der Waals surface area contributed by atoms with Crippen LogP contribution in [-0.2, 0) is 10.2 Å². The molecule has 0 spiro atoms. The van der Waals surface area contributed by atoms with E-state index in [0.717, 1.165) is 9.54 Å². The van der Waals surface area contributed by atoms with Gasteiger partial charge in [-0.15, -0.1) is 0 Å². The molecule has 0 saturated carbocycles. The number of amides is 1. The molecular formula is C15H19N3O4S. The average Bonchev–Trinajstić information content (AvgIpc) is 2.89. The fourth-order valence-electron chi connectivity index (χ4n) is 2.29. The number of nitrogens with zero attached hydrogens (tertiary/aromatic N) is 1. The first-order chi connectivity index (χ1) is 10.8. The van der Waals surface area contributed by atoms with E-state index in [1.807, 2.05) is 0 Å². The van der Waals surface area contributed by atoms with E-state index in [1.54, 1.807) is 37.3 Å². The molecule has 0 fully saturated rings. The van der Waals surface area contributed by atoms with Gasteiger partial charge in [-0.05, 0) is 37.1 Å². The Morgan fingerprint density at radius 3 is 2.70 bits per heavy atom. The molecule has 2 aromatic rings. The first-order valence-electron chi connectivity index (χ1n) is 7.05. The van der Waals surface area contributed by atoms with Crippen LogP contribution in [-0.4, -0.2) is 36.6 Å². The SMILES string of the molecule is Cc1c(-c2cccc(C(=O)NCCCO)c2)ccn1S(N)(=O)=O. The number of hydrogen-bond acceptors (Lipinski definition) is 4. The van der Waals surface area contributed by atoms with Crippen molar-refractivity contribution in [1.82, 2.24) is 9.29 Å². The summed E-state index contributed by atoms with van der Waals surface area (Å²) in [6, 6.07) is 8.51. The van der Waals surface area contributed by atoms with E-state index in [2.05, 4.69) is 5.32 Å². The summed E-state index contributed by atoms with van der Waals surface area (Å²) < 4.78 is 23.9. The van der Waals surface area contributed by atoms with Crippen molar-refractivity contribution < 1.29 is 18.3 Å². The normalized spacial score (nSPS) is 11.4. The van der Waals surface area contributed by atoms with Crippen molar-refractivity contribution in [2.45, 2.75) is 13.3 Å². The van der Waals surface area contributed by atoms with Crippen molar-refractivity contribution >= 4 is 16.1 Å². The summed E-state index contributed by atoms with van der Waals surface area (Å²) in [5.74, 6) is -0.246. The van der Waals surface area contributed by atoms with Crippen molar-refractivity contribution in [3.63, 3.8) is 0 Å². The van der Waals surface area contributed by atoms with E-state index in [0.29, 0.717) is 29.8 Å². The molecule has 0 saturated heterocycles. The van der Waals surface area contributed by atoms with Crippen molar-refractivity contribution in [1.29, 1.82) is 0 Å². The molecule has 0 aliphatic rings. The number of carbonyl (C=O) groups is 1. The third kappa shape index (κ3) is 3.98. The predicted octanol–water partition coefficient (Wildman–Crippen LogP) is 0.627. The summed E-state index contributed by atoms with van der Waals surface area (Å²) in [6.07, 6.45) is 1.87. The van der Waals surface area contributed by atoms with Gasteiger partial charge in [-0.25, -0.2) is 9.11 Å². The first kappa shape index (κ1) is 17.2. The van der Waals surface area contributed by atoms with Crippen LogP contribution in [0.2, 0.25) is 0 Å². The number of benzene rings is 1. The largest absolute Gasteiger partial charge is 0.396 e. The Morgan fingerprint density at radius 2 is 2.09 bits per heavy atom. The fourth-order valence-corrected chi connectivity index (χ4v) is 3.00. The number of carbonyl (C=O) groups excluding carboxylic acids is 1. The van der Waals surface area contributed by atoms with Gasteiger partial charge in [-0.3, -0.25) is 4.79 Å². The summed E-state index contributed by atoms with van der Waals surface area (Å²) >= 11 is 0. The van der Waals surface area contributed by atoms with Gasteiger partial charge in [0.05, 0.1) is 0 Å². The maximum Gasteiger partial charge on any atom is 0.302 e. The standard InChI is InChI=1S/C15H19N3O4S/c1-11-14(6-8-18(11)23(16,21)22)12-4-2-5-13(10-12)15(20)17-7-3-9-19/h2,4-6,8,10,19H,3,7,9H2,1H3,(H,17,20)(H2,16,21,22). The van der Waals surface area contributed by atoms with E-state index >= 15 is 0 Å². The number of rotatable bonds is 6. The lowest BCUT2D eigenvalue weighted by Crippen LogP contribution is -2.25. The van der Waals surface area contributed by atoms with Crippen LogP contribution in [0.15, 0.2) is 36.5 Å². The molecule has 8 heteroatoms. The molecule has 1 aromatic heterocycles. The van der Waals surface area contributed by atoms with Crippen LogP contribution in [0.25, 0.3) is 11.1 Å². The molecule has 0 atom stereocenters. The van der Waals surface area contributed by atoms with Gasteiger partial charge in [0.25, 0.3) is 5.91 Å². The number of nitrogens with one attached hydrogen (secondary N) is 1. The lowest BCUT2D eigenvalue weighted by Gasteiger charge is -2.08. The smallest absolute Gasteiger partial charge is 0.302 e. The first-order valence-corrected chi connectivity index (χ1v) is 8.55. The number of aliphatic hydroxyl groups is 1. The maximum atomic E-state index is 12.0. The highest BCUT2D eigenvalue weighted by molar-refractivity contribution is 7.87. The van der Waals surface area contributed by atoms with Crippen LogP contribution < -0.4 is 10.5 Å². The van der Waals surface area contributed by atoms with E-state index in [1.165, 1.54) is 6.20 Å². The van der Waals surface area contributed by atoms with E-state index in [-0.39, 0.29) is 12.5 Å². The maximum absolute atomic E-state index is 12.0. The van der Waals surface area contributed by atoms with Gasteiger partial charge in [0, 0.05) is 36.2 Å². The fraction of sp³-hybridized carbons (Fsp3) is 0.267. The molecule has 0 radical (unpaired) electrons. The van der Waals surface area contributed by atoms with E-state index < -0.39 is 10.2 Å². The zero-order chi connectivity index (χ0) is 17.0. The molecule has 1 aromatic carbocycles. The second-order valence-electron chi connectivity index (χ2n) is 5.07. The van der Waals surface area contributed by atoms with Gasteiger partial charge >= 0.3 is 10.2 Å². The Labute approximate surface area is 134 Å². The van der Waals surface area contributed by atoms with Crippen LogP contribution in [0.5, 0.6) is 0 Å². The van der Waals surface area contributed by atoms with Crippen molar-refractivity contribution in [2.75, 3.05) is 13.2 Å². The summed E-state index contributed by atoms with van der Waals surface area (Å²) in [6.45, 7) is 2.05. The van der Waals surface area contributed by atoms with Crippen LogP contribution in [0.4, 0.5) is 0 Å². The minimum atomic E-state index is -3.85. The van der Waals surface area contributed by atoms with Crippen LogP contribution in [0.1, 0.15) is 22.5 Å². The predicted molar refractivity (Wildman–Crippen MR) is 87.1 cm³/mol. The number of aliphatic hydroxyl groups excluding tert-OH is 1. The molecule has 23 heavy (non-hydrogen) atoms. The zero-order valence-electron chi connectivity index (χ0n) is 12.7. The van der Waals surface area contributed by atoms with E-state index in [4.69, 9.17) is 10.2 Å². The molecule has 124 valence electrons. The Kier molecular flexibility index (Phi) is 5.19. The van der Waals surface area contributed by atoms with Crippen molar-refractivity contribution in [2.24, 2.45) is 5.14 Å². The van der Waals surface area contributed by atoms with Crippen LogP contribution in [0.3, 0.4) is 0 Å². The Balaban J connectivity index is 2.30. The summed E-state index contributed by atoms with van der Waals surface area (Å²) in [5.41, 5.74) is 2.34. The van der Waals surface area contributed by atoms with Crippen LogP contribution in [0, 0.1) is 6.92 Å². The molecular weight excluding hydrogens is 318 g/mol. The molecule has 0 aliphatic carbocycles. The highest BCUT2D eigenvalue weighted by atomic mass is 32.2. The summed E-state index contributed by atoms with van der Waals surface area (Å²) in [7, 11) is -3.85. The minimum Gasteiger partial charge on any atom is -0.396 e. The molecule has 1 amide bonds. The highest BCUT2D eigenvalue weighted by Gasteiger charge is 2.14.